The highest BCUT2D eigenvalue weighted by molar-refractivity contribution is 7.15. The molecule has 2 N–H and O–H groups in total. The number of benzene rings is 1. The van der Waals surface area contributed by atoms with E-state index in [4.69, 9.17) is 16.3 Å². The summed E-state index contributed by atoms with van der Waals surface area (Å²) in [5, 5.41) is 5.69. The Morgan fingerprint density at radius 2 is 1.83 bits per heavy atom. The van der Waals surface area contributed by atoms with Gasteiger partial charge in [-0.05, 0) is 18.2 Å². The van der Waals surface area contributed by atoms with E-state index in [0.717, 1.165) is 43.3 Å². The van der Waals surface area contributed by atoms with Gasteiger partial charge in [0.1, 0.15) is 0 Å². The minimum Gasteiger partial charge on any atom is -0.383 e. The Balaban J connectivity index is 1.40. The maximum Gasteiger partial charge on any atom is 0.321 e. The SMILES string of the molecule is COCCNC(=O)NC(=O)CN1CCN(Cc2ccc(-c3ccccc3Cl)s2)CC1. The van der Waals surface area contributed by atoms with Crippen LogP contribution in [-0.4, -0.2) is 74.7 Å². The highest BCUT2D eigenvalue weighted by atomic mass is 35.5. The summed E-state index contributed by atoms with van der Waals surface area (Å²) in [4.78, 5) is 30.6. The van der Waals surface area contributed by atoms with Crippen molar-refractivity contribution in [2.45, 2.75) is 6.54 Å². The van der Waals surface area contributed by atoms with Gasteiger partial charge in [-0.1, -0.05) is 29.8 Å². The van der Waals surface area contributed by atoms with Crippen LogP contribution in [0.1, 0.15) is 4.88 Å². The number of halogens is 1. The van der Waals surface area contributed by atoms with Crippen LogP contribution in [0.25, 0.3) is 10.4 Å². The molecule has 1 aliphatic heterocycles. The summed E-state index contributed by atoms with van der Waals surface area (Å²) in [5.41, 5.74) is 1.07. The van der Waals surface area contributed by atoms with E-state index in [2.05, 4.69) is 32.6 Å². The van der Waals surface area contributed by atoms with Gasteiger partial charge < -0.3 is 10.1 Å². The second kappa shape index (κ2) is 11.4. The quantitative estimate of drug-likeness (QED) is 0.605. The van der Waals surface area contributed by atoms with Crippen molar-refractivity contribution < 1.29 is 14.3 Å². The van der Waals surface area contributed by atoms with Gasteiger partial charge in [0.05, 0.1) is 13.2 Å². The van der Waals surface area contributed by atoms with E-state index < -0.39 is 6.03 Å². The Morgan fingerprint density at radius 3 is 2.57 bits per heavy atom. The Morgan fingerprint density at radius 1 is 1.10 bits per heavy atom. The number of urea groups is 1. The topological polar surface area (TPSA) is 73.9 Å². The van der Waals surface area contributed by atoms with E-state index >= 15 is 0 Å². The highest BCUT2D eigenvalue weighted by Crippen LogP contribution is 2.33. The molecular weight excluding hydrogens is 424 g/mol. The summed E-state index contributed by atoms with van der Waals surface area (Å²) in [6, 6.07) is 11.7. The molecule has 0 aliphatic carbocycles. The molecular formula is C21H27ClN4O3S. The van der Waals surface area contributed by atoms with Crippen LogP contribution in [-0.2, 0) is 16.1 Å². The molecule has 1 aromatic heterocycles. The number of amides is 3. The first-order valence-electron chi connectivity index (χ1n) is 9.90. The molecule has 1 fully saturated rings. The van der Waals surface area contributed by atoms with E-state index in [1.807, 2.05) is 24.3 Å². The molecule has 0 saturated carbocycles. The third-order valence-electron chi connectivity index (χ3n) is 4.86. The Kier molecular flexibility index (Phi) is 8.65. The molecule has 2 heterocycles. The van der Waals surface area contributed by atoms with Crippen LogP contribution in [0.5, 0.6) is 0 Å². The first-order valence-corrected chi connectivity index (χ1v) is 11.1. The number of imide groups is 1. The summed E-state index contributed by atoms with van der Waals surface area (Å²) >= 11 is 8.07. The third-order valence-corrected chi connectivity index (χ3v) is 6.29. The van der Waals surface area contributed by atoms with Crippen molar-refractivity contribution in [3.63, 3.8) is 0 Å². The van der Waals surface area contributed by atoms with Crippen LogP contribution in [0, 0.1) is 0 Å². The van der Waals surface area contributed by atoms with Gasteiger partial charge in [-0.3, -0.25) is 19.9 Å². The van der Waals surface area contributed by atoms with Crippen molar-refractivity contribution in [3.8, 4) is 10.4 Å². The molecule has 0 bridgehead atoms. The van der Waals surface area contributed by atoms with E-state index in [-0.39, 0.29) is 12.5 Å². The number of ether oxygens (including phenoxy) is 1. The first-order chi connectivity index (χ1) is 14.5. The number of nitrogens with one attached hydrogen (secondary N) is 2. The van der Waals surface area contributed by atoms with Crippen LogP contribution in [0.3, 0.4) is 0 Å². The van der Waals surface area contributed by atoms with Crippen molar-refractivity contribution in [2.24, 2.45) is 0 Å². The maximum atomic E-state index is 12.0. The average Bonchev–Trinajstić information content (AvgIpc) is 3.18. The van der Waals surface area contributed by atoms with Crippen molar-refractivity contribution in [2.75, 3.05) is 53.0 Å². The predicted molar refractivity (Wildman–Crippen MR) is 120 cm³/mol. The fourth-order valence-electron chi connectivity index (χ4n) is 3.27. The molecule has 0 radical (unpaired) electrons. The van der Waals surface area contributed by atoms with E-state index in [0.29, 0.717) is 13.2 Å². The summed E-state index contributed by atoms with van der Waals surface area (Å²) in [6.07, 6.45) is 0. The molecule has 3 amide bonds. The van der Waals surface area contributed by atoms with Gasteiger partial charge in [0.2, 0.25) is 5.91 Å². The zero-order valence-electron chi connectivity index (χ0n) is 17.0. The number of nitrogens with zero attached hydrogens (tertiary/aromatic N) is 2. The summed E-state index contributed by atoms with van der Waals surface area (Å²) < 4.78 is 4.85. The number of methoxy groups -OCH3 is 1. The van der Waals surface area contributed by atoms with Gasteiger partial charge in [-0.25, -0.2) is 4.79 Å². The van der Waals surface area contributed by atoms with Gasteiger partial charge in [-0.15, -0.1) is 11.3 Å². The van der Waals surface area contributed by atoms with Crippen molar-refractivity contribution >= 4 is 34.9 Å². The lowest BCUT2D eigenvalue weighted by Gasteiger charge is -2.33. The monoisotopic (exact) mass is 450 g/mol. The molecule has 1 aromatic carbocycles. The molecule has 9 heteroatoms. The number of hydrogen-bond acceptors (Lipinski definition) is 6. The molecule has 0 unspecified atom stereocenters. The smallest absolute Gasteiger partial charge is 0.321 e. The van der Waals surface area contributed by atoms with Gasteiger partial charge in [0, 0.05) is 66.7 Å². The summed E-state index contributed by atoms with van der Waals surface area (Å²) in [7, 11) is 1.56. The standard InChI is InChI=1S/C21H27ClN4O3S/c1-29-13-8-23-21(28)24-20(27)15-26-11-9-25(10-12-26)14-16-6-7-19(30-16)17-4-2-3-5-18(17)22/h2-7H,8-15H2,1H3,(H2,23,24,27,28). The van der Waals surface area contributed by atoms with Gasteiger partial charge in [0.15, 0.2) is 0 Å². The number of piperazine rings is 1. The number of rotatable bonds is 8. The second-order valence-corrected chi connectivity index (χ2v) is 8.67. The number of hydrogen-bond donors (Lipinski definition) is 2. The lowest BCUT2D eigenvalue weighted by Crippen LogP contribution is -2.50. The first kappa shape index (κ1) is 22.7. The average molecular weight is 451 g/mol. The molecule has 0 spiro atoms. The van der Waals surface area contributed by atoms with E-state index in [1.165, 1.54) is 9.75 Å². The molecule has 2 aromatic rings. The molecule has 0 atom stereocenters. The normalized spacial score (nSPS) is 15.1. The largest absolute Gasteiger partial charge is 0.383 e. The van der Waals surface area contributed by atoms with Crippen molar-refractivity contribution in [1.82, 2.24) is 20.4 Å². The maximum absolute atomic E-state index is 12.0. The van der Waals surface area contributed by atoms with Crippen LogP contribution < -0.4 is 10.6 Å². The fraction of sp³-hybridized carbons (Fsp3) is 0.429. The molecule has 30 heavy (non-hydrogen) atoms. The van der Waals surface area contributed by atoms with E-state index in [1.54, 1.807) is 18.4 Å². The minimum atomic E-state index is -0.484. The van der Waals surface area contributed by atoms with Crippen LogP contribution in [0.4, 0.5) is 4.79 Å². The lowest BCUT2D eigenvalue weighted by molar-refractivity contribution is -0.121. The Labute approximate surface area is 185 Å². The number of thiophene rings is 1. The molecule has 1 aliphatic rings. The summed E-state index contributed by atoms with van der Waals surface area (Å²) in [5.74, 6) is -0.291. The van der Waals surface area contributed by atoms with Crippen LogP contribution >= 0.6 is 22.9 Å². The zero-order chi connectivity index (χ0) is 21.3. The van der Waals surface area contributed by atoms with Crippen molar-refractivity contribution in [3.05, 3.63) is 46.3 Å². The van der Waals surface area contributed by atoms with Crippen LogP contribution in [0.2, 0.25) is 5.02 Å². The fourth-order valence-corrected chi connectivity index (χ4v) is 4.66. The van der Waals surface area contributed by atoms with Gasteiger partial charge in [0.25, 0.3) is 0 Å². The Bertz CT molecular complexity index is 852. The molecule has 1 saturated heterocycles. The molecule has 3 rings (SSSR count). The zero-order valence-corrected chi connectivity index (χ0v) is 18.6. The predicted octanol–water partition coefficient (Wildman–Crippen LogP) is 2.66. The van der Waals surface area contributed by atoms with Crippen LogP contribution in [0.15, 0.2) is 36.4 Å². The second-order valence-electron chi connectivity index (χ2n) is 7.09. The van der Waals surface area contributed by atoms with Gasteiger partial charge in [-0.2, -0.15) is 0 Å². The highest BCUT2D eigenvalue weighted by Gasteiger charge is 2.20. The number of carbonyl (C=O) groups is 2. The third kappa shape index (κ3) is 6.78. The van der Waals surface area contributed by atoms with Gasteiger partial charge >= 0.3 is 6.03 Å². The Hall–Kier alpha value is -1.97. The minimum absolute atomic E-state index is 0.223. The van der Waals surface area contributed by atoms with Crippen molar-refractivity contribution in [1.29, 1.82) is 0 Å². The number of carbonyl (C=O) groups excluding carboxylic acids is 2. The molecule has 7 nitrogen and oxygen atoms in total. The summed E-state index contributed by atoms with van der Waals surface area (Å²) in [6.45, 7) is 5.24. The van der Waals surface area contributed by atoms with E-state index in [9.17, 15) is 9.59 Å². The molecule has 162 valence electrons. The lowest BCUT2D eigenvalue weighted by atomic mass is 10.2.